The van der Waals surface area contributed by atoms with Crippen LogP contribution < -0.4 is 10.6 Å². The summed E-state index contributed by atoms with van der Waals surface area (Å²) in [6, 6.07) is 9.41. The highest BCUT2D eigenvalue weighted by atomic mass is 15.0. The minimum Gasteiger partial charge on any atom is -0.310 e. The van der Waals surface area contributed by atoms with E-state index in [0.29, 0.717) is 11.6 Å². The Kier molecular flexibility index (Phi) is 3.40. The van der Waals surface area contributed by atoms with Crippen LogP contribution in [-0.2, 0) is 13.0 Å². The van der Waals surface area contributed by atoms with E-state index in [4.69, 9.17) is 0 Å². The summed E-state index contributed by atoms with van der Waals surface area (Å²) in [6.45, 7) is 4.51. The SMILES string of the molecule is CC1(NC[C@@H]2Cc3ccccc3CN2)CCCC1. The zero-order valence-electron chi connectivity index (χ0n) is 11.3. The Morgan fingerprint density at radius 2 is 1.94 bits per heavy atom. The third kappa shape index (κ3) is 2.60. The molecule has 1 aromatic carbocycles. The third-order valence-electron chi connectivity index (χ3n) is 4.65. The number of fused-ring (bicyclic) bond motifs is 1. The van der Waals surface area contributed by atoms with Crippen LogP contribution in [0.15, 0.2) is 24.3 Å². The summed E-state index contributed by atoms with van der Waals surface area (Å²) in [5.74, 6) is 0. The van der Waals surface area contributed by atoms with Crippen LogP contribution in [0.3, 0.4) is 0 Å². The van der Waals surface area contributed by atoms with Gasteiger partial charge in [0.2, 0.25) is 0 Å². The smallest absolute Gasteiger partial charge is 0.0236 e. The van der Waals surface area contributed by atoms with Crippen molar-refractivity contribution in [3.8, 4) is 0 Å². The van der Waals surface area contributed by atoms with Crippen molar-refractivity contribution in [3.05, 3.63) is 35.4 Å². The molecule has 0 amide bonds. The van der Waals surface area contributed by atoms with Crippen LogP contribution in [0, 0.1) is 0 Å². The van der Waals surface area contributed by atoms with Crippen molar-refractivity contribution in [3.63, 3.8) is 0 Å². The molecule has 2 heteroatoms. The Morgan fingerprint density at radius 1 is 1.22 bits per heavy atom. The molecule has 18 heavy (non-hydrogen) atoms. The van der Waals surface area contributed by atoms with E-state index in [9.17, 15) is 0 Å². The monoisotopic (exact) mass is 244 g/mol. The largest absolute Gasteiger partial charge is 0.310 e. The molecule has 0 saturated heterocycles. The van der Waals surface area contributed by atoms with Gasteiger partial charge < -0.3 is 10.6 Å². The molecule has 1 heterocycles. The lowest BCUT2D eigenvalue weighted by atomic mass is 9.94. The van der Waals surface area contributed by atoms with E-state index in [1.807, 2.05) is 0 Å². The van der Waals surface area contributed by atoms with Crippen molar-refractivity contribution in [2.75, 3.05) is 6.54 Å². The number of hydrogen-bond acceptors (Lipinski definition) is 2. The van der Waals surface area contributed by atoms with Crippen LogP contribution in [0.2, 0.25) is 0 Å². The number of hydrogen-bond donors (Lipinski definition) is 2. The van der Waals surface area contributed by atoms with Crippen LogP contribution in [0.1, 0.15) is 43.7 Å². The maximum atomic E-state index is 3.80. The van der Waals surface area contributed by atoms with E-state index >= 15 is 0 Å². The van der Waals surface area contributed by atoms with E-state index in [1.54, 1.807) is 0 Å². The van der Waals surface area contributed by atoms with Crippen LogP contribution in [0.5, 0.6) is 0 Å². The van der Waals surface area contributed by atoms with Gasteiger partial charge in [0.15, 0.2) is 0 Å². The molecule has 1 fully saturated rings. The van der Waals surface area contributed by atoms with Gasteiger partial charge in [-0.1, -0.05) is 37.1 Å². The van der Waals surface area contributed by atoms with Crippen molar-refractivity contribution >= 4 is 0 Å². The average Bonchev–Trinajstić information content (AvgIpc) is 2.84. The highest BCUT2D eigenvalue weighted by molar-refractivity contribution is 5.30. The van der Waals surface area contributed by atoms with Gasteiger partial charge in [-0.2, -0.15) is 0 Å². The maximum Gasteiger partial charge on any atom is 0.0236 e. The molecular formula is C16H24N2. The molecule has 0 bridgehead atoms. The van der Waals surface area contributed by atoms with Gasteiger partial charge in [-0.05, 0) is 37.3 Å². The lowest BCUT2D eigenvalue weighted by molar-refractivity contribution is 0.329. The lowest BCUT2D eigenvalue weighted by Crippen LogP contribution is -2.49. The van der Waals surface area contributed by atoms with E-state index in [0.717, 1.165) is 13.1 Å². The van der Waals surface area contributed by atoms with Crippen LogP contribution >= 0.6 is 0 Å². The molecule has 0 spiro atoms. The molecule has 0 aromatic heterocycles. The molecule has 1 saturated carbocycles. The zero-order chi connectivity index (χ0) is 12.4. The average molecular weight is 244 g/mol. The van der Waals surface area contributed by atoms with E-state index in [1.165, 1.54) is 43.2 Å². The molecule has 98 valence electrons. The predicted octanol–water partition coefficient (Wildman–Crippen LogP) is 2.62. The Labute approximate surface area is 110 Å². The van der Waals surface area contributed by atoms with Crippen molar-refractivity contribution in [1.29, 1.82) is 0 Å². The fraction of sp³-hybridized carbons (Fsp3) is 0.625. The first kappa shape index (κ1) is 12.2. The minimum atomic E-state index is 0.401. The fourth-order valence-corrected chi connectivity index (χ4v) is 3.37. The molecule has 1 aromatic rings. The molecule has 2 aliphatic rings. The predicted molar refractivity (Wildman–Crippen MR) is 75.6 cm³/mol. The first-order valence-corrected chi connectivity index (χ1v) is 7.30. The molecule has 2 N–H and O–H groups in total. The fourth-order valence-electron chi connectivity index (χ4n) is 3.37. The summed E-state index contributed by atoms with van der Waals surface area (Å²) in [7, 11) is 0. The van der Waals surface area contributed by atoms with Gasteiger partial charge in [0.05, 0.1) is 0 Å². The third-order valence-corrected chi connectivity index (χ3v) is 4.65. The summed E-state index contributed by atoms with van der Waals surface area (Å²) < 4.78 is 0. The number of rotatable bonds is 3. The van der Waals surface area contributed by atoms with Gasteiger partial charge in [0.25, 0.3) is 0 Å². The molecular weight excluding hydrogens is 220 g/mol. The summed E-state index contributed by atoms with van der Waals surface area (Å²) in [5, 5.41) is 7.45. The first-order chi connectivity index (χ1) is 8.75. The van der Waals surface area contributed by atoms with Gasteiger partial charge in [-0.15, -0.1) is 0 Å². The van der Waals surface area contributed by atoms with Gasteiger partial charge in [-0.25, -0.2) is 0 Å². The zero-order valence-corrected chi connectivity index (χ0v) is 11.3. The Balaban J connectivity index is 1.56. The Morgan fingerprint density at radius 3 is 2.72 bits per heavy atom. The summed E-state index contributed by atoms with van der Waals surface area (Å²) in [4.78, 5) is 0. The van der Waals surface area contributed by atoms with Crippen molar-refractivity contribution in [1.82, 2.24) is 10.6 Å². The second-order valence-electron chi connectivity index (χ2n) is 6.20. The molecule has 1 aliphatic carbocycles. The maximum absolute atomic E-state index is 3.80. The first-order valence-electron chi connectivity index (χ1n) is 7.30. The van der Waals surface area contributed by atoms with Crippen LogP contribution in [0.4, 0.5) is 0 Å². The highest BCUT2D eigenvalue weighted by Crippen LogP contribution is 2.29. The standard InChI is InChI=1S/C16H24N2/c1-16(8-4-5-9-16)18-12-15-10-13-6-2-3-7-14(13)11-17-15/h2-3,6-7,15,17-18H,4-5,8-12H2,1H3/t15-/m0/s1. The summed E-state index contributed by atoms with van der Waals surface area (Å²) in [5.41, 5.74) is 3.40. The van der Waals surface area contributed by atoms with Crippen LogP contribution in [0.25, 0.3) is 0 Å². The van der Waals surface area contributed by atoms with Crippen LogP contribution in [-0.4, -0.2) is 18.1 Å². The normalized spacial score (nSPS) is 25.9. The Bertz CT molecular complexity index is 407. The highest BCUT2D eigenvalue weighted by Gasteiger charge is 2.29. The number of nitrogens with one attached hydrogen (secondary N) is 2. The Hall–Kier alpha value is -0.860. The molecule has 0 radical (unpaired) electrons. The topological polar surface area (TPSA) is 24.1 Å². The number of benzene rings is 1. The summed E-state index contributed by atoms with van der Waals surface area (Å²) in [6.07, 6.45) is 6.64. The second kappa shape index (κ2) is 5.02. The van der Waals surface area contributed by atoms with Crippen molar-refractivity contribution in [2.45, 2.75) is 57.2 Å². The molecule has 3 rings (SSSR count). The quantitative estimate of drug-likeness (QED) is 0.854. The van der Waals surface area contributed by atoms with Gasteiger partial charge in [0, 0.05) is 24.7 Å². The lowest BCUT2D eigenvalue weighted by Gasteiger charge is -2.31. The second-order valence-corrected chi connectivity index (χ2v) is 6.20. The molecule has 2 nitrogen and oxygen atoms in total. The van der Waals surface area contributed by atoms with Gasteiger partial charge in [-0.3, -0.25) is 0 Å². The van der Waals surface area contributed by atoms with Crippen molar-refractivity contribution in [2.24, 2.45) is 0 Å². The molecule has 1 atom stereocenters. The van der Waals surface area contributed by atoms with Crippen molar-refractivity contribution < 1.29 is 0 Å². The van der Waals surface area contributed by atoms with E-state index < -0.39 is 0 Å². The van der Waals surface area contributed by atoms with Gasteiger partial charge in [0.1, 0.15) is 0 Å². The van der Waals surface area contributed by atoms with E-state index in [2.05, 4.69) is 41.8 Å². The van der Waals surface area contributed by atoms with Gasteiger partial charge >= 0.3 is 0 Å². The molecule has 0 unspecified atom stereocenters. The summed E-state index contributed by atoms with van der Waals surface area (Å²) >= 11 is 0. The minimum absolute atomic E-state index is 0.401. The molecule has 1 aliphatic heterocycles. The van der Waals surface area contributed by atoms with E-state index in [-0.39, 0.29) is 0 Å².